The topological polar surface area (TPSA) is 95.6 Å². The Labute approximate surface area is 139 Å². The van der Waals surface area contributed by atoms with Crippen LogP contribution in [0.25, 0.3) is 11.0 Å². The number of imidazole rings is 1. The highest BCUT2D eigenvalue weighted by Gasteiger charge is 2.05. The van der Waals surface area contributed by atoms with Crippen molar-refractivity contribution in [1.29, 1.82) is 0 Å². The predicted octanol–water partition coefficient (Wildman–Crippen LogP) is 2.80. The van der Waals surface area contributed by atoms with E-state index in [1.54, 1.807) is 6.33 Å². The maximum Gasteiger partial charge on any atom is 0.224 e. The number of amides is 1. The smallest absolute Gasteiger partial charge is 0.224 e. The Bertz CT molecular complexity index is 837. The Hall–Kier alpha value is -2.96. The number of anilines is 2. The second-order valence-corrected chi connectivity index (χ2v) is 5.69. The summed E-state index contributed by atoms with van der Waals surface area (Å²) in [6, 6.07) is 7.53. The van der Waals surface area contributed by atoms with E-state index in [-0.39, 0.29) is 5.91 Å². The highest BCUT2D eigenvalue weighted by Crippen LogP contribution is 2.15. The lowest BCUT2D eigenvalue weighted by Crippen LogP contribution is -2.14. The van der Waals surface area contributed by atoms with Crippen molar-refractivity contribution in [3.8, 4) is 0 Å². The maximum absolute atomic E-state index is 12.0. The lowest BCUT2D eigenvalue weighted by molar-refractivity contribution is -0.116. The van der Waals surface area contributed by atoms with Gasteiger partial charge >= 0.3 is 0 Å². The van der Waals surface area contributed by atoms with Gasteiger partial charge in [-0.3, -0.25) is 4.79 Å². The molecule has 7 heteroatoms. The van der Waals surface area contributed by atoms with Crippen molar-refractivity contribution >= 4 is 28.6 Å². The second-order valence-electron chi connectivity index (χ2n) is 5.69. The molecular weight excluding hydrogens is 304 g/mol. The number of nitrogens with zero attached hydrogens (tertiary/aromatic N) is 3. The molecule has 1 amide bonds. The number of fused-ring (bicyclic) bond motifs is 1. The van der Waals surface area contributed by atoms with Crippen LogP contribution < -0.4 is 10.6 Å². The lowest BCUT2D eigenvalue weighted by atomic mass is 10.2. The number of aromatic nitrogens is 4. The number of H-pyrrole nitrogens is 1. The van der Waals surface area contributed by atoms with Gasteiger partial charge in [0.1, 0.15) is 0 Å². The third-order valence-corrected chi connectivity index (χ3v) is 3.55. The number of carbonyl (C=O) groups excluding carboxylic acids is 1. The number of benzene rings is 1. The number of rotatable bonds is 6. The molecule has 24 heavy (non-hydrogen) atoms. The van der Waals surface area contributed by atoms with Crippen molar-refractivity contribution in [1.82, 2.24) is 19.9 Å². The molecule has 124 valence electrons. The molecule has 2 aromatic heterocycles. The van der Waals surface area contributed by atoms with Crippen LogP contribution in [0.3, 0.4) is 0 Å². The number of hydrogen-bond acceptors (Lipinski definition) is 5. The summed E-state index contributed by atoms with van der Waals surface area (Å²) >= 11 is 0. The van der Waals surface area contributed by atoms with Gasteiger partial charge < -0.3 is 15.6 Å². The first-order valence-corrected chi connectivity index (χ1v) is 7.89. The first-order chi connectivity index (χ1) is 11.6. The molecule has 0 spiro atoms. The minimum Gasteiger partial charge on any atom is -0.354 e. The number of aryl methyl sites for hydroxylation is 2. The van der Waals surface area contributed by atoms with Gasteiger partial charge in [-0.25, -0.2) is 15.0 Å². The summed E-state index contributed by atoms with van der Waals surface area (Å²) in [4.78, 5) is 27.8. The molecule has 0 unspecified atom stereocenters. The molecule has 0 radical (unpaired) electrons. The fraction of sp³-hybridized carbons (Fsp3) is 0.294. The minimum atomic E-state index is -0.0167. The summed E-state index contributed by atoms with van der Waals surface area (Å²) in [6.07, 6.45) is 2.77. The van der Waals surface area contributed by atoms with Crippen molar-refractivity contribution in [2.45, 2.75) is 26.7 Å². The Balaban J connectivity index is 1.45. The molecule has 0 aliphatic heterocycles. The zero-order valence-corrected chi connectivity index (χ0v) is 13.8. The standard InChI is InChI=1S/C17H20N6O/c1-11-8-12(2)22-17(21-11)18-7-3-4-16(24)23-13-5-6-14-15(9-13)20-10-19-14/h5-6,8-10H,3-4,7H2,1-2H3,(H,19,20)(H,23,24)(H,18,21,22). The van der Waals surface area contributed by atoms with Crippen LogP contribution in [0.2, 0.25) is 0 Å². The van der Waals surface area contributed by atoms with Gasteiger partial charge in [0.25, 0.3) is 0 Å². The van der Waals surface area contributed by atoms with Crippen molar-refractivity contribution in [2.75, 3.05) is 17.2 Å². The zero-order valence-electron chi connectivity index (χ0n) is 13.8. The second kappa shape index (κ2) is 7.08. The van der Waals surface area contributed by atoms with Gasteiger partial charge in [0.05, 0.1) is 17.4 Å². The van der Waals surface area contributed by atoms with Gasteiger partial charge in [0, 0.05) is 30.0 Å². The average Bonchev–Trinajstić information content (AvgIpc) is 2.98. The molecule has 3 aromatic rings. The minimum absolute atomic E-state index is 0.0167. The van der Waals surface area contributed by atoms with Crippen molar-refractivity contribution in [2.24, 2.45) is 0 Å². The molecule has 0 saturated carbocycles. The molecule has 0 saturated heterocycles. The summed E-state index contributed by atoms with van der Waals surface area (Å²) in [5.74, 6) is 0.592. The fourth-order valence-corrected chi connectivity index (χ4v) is 2.49. The van der Waals surface area contributed by atoms with Crippen LogP contribution in [0.5, 0.6) is 0 Å². The maximum atomic E-state index is 12.0. The summed E-state index contributed by atoms with van der Waals surface area (Å²) < 4.78 is 0. The molecular formula is C17H20N6O. The number of hydrogen-bond donors (Lipinski definition) is 3. The van der Waals surface area contributed by atoms with Crippen molar-refractivity contribution < 1.29 is 4.79 Å². The first-order valence-electron chi connectivity index (χ1n) is 7.89. The van der Waals surface area contributed by atoms with Crippen LogP contribution in [-0.4, -0.2) is 32.4 Å². The molecule has 1 aromatic carbocycles. The molecule has 0 bridgehead atoms. The normalized spacial score (nSPS) is 10.8. The first kappa shape index (κ1) is 15.9. The largest absolute Gasteiger partial charge is 0.354 e. The van der Waals surface area contributed by atoms with Gasteiger partial charge in [-0.15, -0.1) is 0 Å². The van der Waals surface area contributed by atoms with Crippen LogP contribution in [0.4, 0.5) is 11.6 Å². The molecule has 0 atom stereocenters. The molecule has 3 N–H and O–H groups in total. The van der Waals surface area contributed by atoms with E-state index in [4.69, 9.17) is 0 Å². The number of aromatic amines is 1. The van der Waals surface area contributed by atoms with Crippen LogP contribution >= 0.6 is 0 Å². The van der Waals surface area contributed by atoms with E-state index in [0.29, 0.717) is 25.3 Å². The Morgan fingerprint density at radius 3 is 2.75 bits per heavy atom. The summed E-state index contributed by atoms with van der Waals surface area (Å²) in [5, 5.41) is 6.05. The number of carbonyl (C=O) groups is 1. The van der Waals surface area contributed by atoms with Crippen LogP contribution in [0.1, 0.15) is 24.2 Å². The van der Waals surface area contributed by atoms with E-state index in [0.717, 1.165) is 28.1 Å². The SMILES string of the molecule is Cc1cc(C)nc(NCCCC(=O)Nc2ccc3nc[nH]c3c2)n1. The fourth-order valence-electron chi connectivity index (χ4n) is 2.49. The summed E-state index contributed by atoms with van der Waals surface area (Å²) in [5.41, 5.74) is 4.41. The van der Waals surface area contributed by atoms with Gasteiger partial charge in [-0.2, -0.15) is 0 Å². The van der Waals surface area contributed by atoms with E-state index in [1.807, 2.05) is 38.1 Å². The molecule has 7 nitrogen and oxygen atoms in total. The van der Waals surface area contributed by atoms with E-state index in [9.17, 15) is 4.79 Å². The van der Waals surface area contributed by atoms with E-state index < -0.39 is 0 Å². The third kappa shape index (κ3) is 4.07. The van der Waals surface area contributed by atoms with E-state index in [2.05, 4.69) is 30.6 Å². The van der Waals surface area contributed by atoms with E-state index in [1.165, 1.54) is 0 Å². The van der Waals surface area contributed by atoms with Gasteiger partial charge in [0.15, 0.2) is 0 Å². The molecule has 0 aliphatic carbocycles. The van der Waals surface area contributed by atoms with Crippen LogP contribution in [0.15, 0.2) is 30.6 Å². The van der Waals surface area contributed by atoms with Crippen molar-refractivity contribution in [3.05, 3.63) is 42.0 Å². The van der Waals surface area contributed by atoms with Gasteiger partial charge in [-0.1, -0.05) is 0 Å². The monoisotopic (exact) mass is 324 g/mol. The zero-order chi connectivity index (χ0) is 16.9. The molecule has 3 rings (SSSR count). The van der Waals surface area contributed by atoms with Gasteiger partial charge in [-0.05, 0) is 44.5 Å². The molecule has 2 heterocycles. The highest BCUT2D eigenvalue weighted by atomic mass is 16.1. The van der Waals surface area contributed by atoms with Gasteiger partial charge in [0.2, 0.25) is 11.9 Å². The van der Waals surface area contributed by atoms with Crippen LogP contribution in [0, 0.1) is 13.8 Å². The Kier molecular flexibility index (Phi) is 4.69. The summed E-state index contributed by atoms with van der Waals surface area (Å²) in [6.45, 7) is 4.52. The quantitative estimate of drug-likeness (QED) is 0.606. The van der Waals surface area contributed by atoms with Crippen LogP contribution in [-0.2, 0) is 4.79 Å². The van der Waals surface area contributed by atoms with E-state index >= 15 is 0 Å². The Morgan fingerprint density at radius 1 is 1.17 bits per heavy atom. The van der Waals surface area contributed by atoms with Crippen molar-refractivity contribution in [3.63, 3.8) is 0 Å². The Morgan fingerprint density at radius 2 is 1.96 bits per heavy atom. The summed E-state index contributed by atoms with van der Waals surface area (Å²) in [7, 11) is 0. The molecule has 0 aliphatic rings. The highest BCUT2D eigenvalue weighted by molar-refractivity contribution is 5.92. The average molecular weight is 324 g/mol. The third-order valence-electron chi connectivity index (χ3n) is 3.55. The number of nitrogens with one attached hydrogen (secondary N) is 3. The predicted molar refractivity (Wildman–Crippen MR) is 94.0 cm³/mol. The molecule has 0 fully saturated rings. The lowest BCUT2D eigenvalue weighted by Gasteiger charge is -2.07.